The molecule has 0 aliphatic carbocycles. The molecule has 3 heteroatoms. The molecule has 1 aromatic heterocycles. The largest absolute Gasteiger partial charge is 0.389 e. The molecule has 0 amide bonds. The molecule has 0 fully saturated rings. The number of terminal acetylenes is 1. The second-order valence-corrected chi connectivity index (χ2v) is 3.75. The molecule has 0 saturated heterocycles. The fourth-order valence-corrected chi connectivity index (χ4v) is 1.49. The Labute approximate surface area is 97.1 Å². The third-order valence-electron chi connectivity index (χ3n) is 2.35. The van der Waals surface area contributed by atoms with Gasteiger partial charge in [0.15, 0.2) is 0 Å². The van der Waals surface area contributed by atoms with Crippen LogP contribution in [0.4, 0.5) is 5.82 Å². The Bertz CT molecular complexity index is 351. The lowest BCUT2D eigenvalue weighted by atomic mass is 10.2. The fourth-order valence-electron chi connectivity index (χ4n) is 1.49. The van der Waals surface area contributed by atoms with Crippen LogP contribution in [0.3, 0.4) is 0 Å². The molecule has 86 valence electrons. The summed E-state index contributed by atoms with van der Waals surface area (Å²) in [5.74, 6) is 3.49. The van der Waals surface area contributed by atoms with Gasteiger partial charge in [0.25, 0.3) is 0 Å². The van der Waals surface area contributed by atoms with E-state index in [0.29, 0.717) is 6.54 Å². The first-order valence-electron chi connectivity index (χ1n) is 5.51. The van der Waals surface area contributed by atoms with E-state index in [9.17, 15) is 5.11 Å². The Morgan fingerprint density at radius 3 is 2.75 bits per heavy atom. The summed E-state index contributed by atoms with van der Waals surface area (Å²) in [6.07, 6.45) is 7.56. The van der Waals surface area contributed by atoms with Crippen LogP contribution in [0.2, 0.25) is 0 Å². The van der Waals surface area contributed by atoms with E-state index in [1.54, 1.807) is 13.1 Å². The van der Waals surface area contributed by atoms with Crippen molar-refractivity contribution in [3.63, 3.8) is 0 Å². The smallest absolute Gasteiger partial charge is 0.129 e. The average molecular weight is 218 g/mol. The van der Waals surface area contributed by atoms with Crippen LogP contribution in [-0.2, 0) is 0 Å². The highest BCUT2D eigenvalue weighted by molar-refractivity contribution is 5.40. The first-order valence-corrected chi connectivity index (χ1v) is 5.51. The Hall–Kier alpha value is -1.53. The summed E-state index contributed by atoms with van der Waals surface area (Å²) >= 11 is 0. The summed E-state index contributed by atoms with van der Waals surface area (Å²) in [5.41, 5.74) is 0.820. The molecule has 0 aliphatic rings. The van der Waals surface area contributed by atoms with E-state index in [1.165, 1.54) is 0 Å². The summed E-state index contributed by atoms with van der Waals surface area (Å²) in [6, 6.07) is 3.78. The molecule has 16 heavy (non-hydrogen) atoms. The van der Waals surface area contributed by atoms with Crippen molar-refractivity contribution in [2.24, 2.45) is 0 Å². The summed E-state index contributed by atoms with van der Waals surface area (Å²) in [6.45, 7) is 5.29. The van der Waals surface area contributed by atoms with Crippen molar-refractivity contribution >= 4 is 5.82 Å². The van der Waals surface area contributed by atoms with Gasteiger partial charge in [0, 0.05) is 12.7 Å². The predicted molar refractivity (Wildman–Crippen MR) is 66.2 cm³/mol. The number of hydrogen-bond donors (Lipinski definition) is 1. The van der Waals surface area contributed by atoms with Crippen molar-refractivity contribution in [1.29, 1.82) is 0 Å². The molecular weight excluding hydrogens is 200 g/mol. The van der Waals surface area contributed by atoms with E-state index in [4.69, 9.17) is 6.42 Å². The molecule has 1 rings (SSSR count). The lowest BCUT2D eigenvalue weighted by Gasteiger charge is -2.20. The van der Waals surface area contributed by atoms with Gasteiger partial charge in [0.1, 0.15) is 5.82 Å². The molecule has 1 heterocycles. The van der Waals surface area contributed by atoms with Crippen molar-refractivity contribution in [3.8, 4) is 12.3 Å². The maximum Gasteiger partial charge on any atom is 0.129 e. The van der Waals surface area contributed by atoms with Crippen molar-refractivity contribution in [1.82, 2.24) is 4.98 Å². The van der Waals surface area contributed by atoms with E-state index < -0.39 is 6.10 Å². The zero-order chi connectivity index (χ0) is 12.0. The normalized spacial score (nSPS) is 11.9. The molecule has 1 atom stereocenters. The van der Waals surface area contributed by atoms with Gasteiger partial charge in [-0.15, -0.1) is 6.42 Å². The maximum atomic E-state index is 9.37. The van der Waals surface area contributed by atoms with E-state index in [1.807, 2.05) is 17.0 Å². The zero-order valence-electron chi connectivity index (χ0n) is 9.85. The molecule has 0 aliphatic heterocycles. The Morgan fingerprint density at radius 2 is 2.31 bits per heavy atom. The van der Waals surface area contributed by atoms with Crippen molar-refractivity contribution < 1.29 is 5.11 Å². The molecule has 1 aromatic rings. The number of anilines is 1. The van der Waals surface area contributed by atoms with Crippen molar-refractivity contribution in [3.05, 3.63) is 23.9 Å². The first-order chi connectivity index (χ1) is 7.69. The number of aromatic nitrogens is 1. The van der Waals surface area contributed by atoms with E-state index >= 15 is 0 Å². The highest BCUT2D eigenvalue weighted by Crippen LogP contribution is 2.15. The standard InChI is InChI=1S/C13H18N2O/c1-4-8-15(9-5-2)13-7-6-12(10-14-13)11(3)16/h1,6-7,10-11,16H,5,8-9H2,2-3H3. The zero-order valence-corrected chi connectivity index (χ0v) is 9.85. The number of rotatable bonds is 5. The minimum Gasteiger partial charge on any atom is -0.389 e. The van der Waals surface area contributed by atoms with Gasteiger partial charge in [0.2, 0.25) is 0 Å². The predicted octanol–water partition coefficient (Wildman–Crippen LogP) is 1.98. The van der Waals surface area contributed by atoms with Crippen LogP contribution >= 0.6 is 0 Å². The van der Waals surface area contributed by atoms with Gasteiger partial charge in [-0.05, 0) is 25.0 Å². The van der Waals surface area contributed by atoms with Crippen LogP contribution in [0.15, 0.2) is 18.3 Å². The Morgan fingerprint density at radius 1 is 1.56 bits per heavy atom. The Kier molecular flexibility index (Phi) is 4.81. The van der Waals surface area contributed by atoms with Crippen LogP contribution in [0, 0.1) is 12.3 Å². The number of aliphatic hydroxyl groups is 1. The van der Waals surface area contributed by atoms with Crippen LogP contribution in [-0.4, -0.2) is 23.2 Å². The molecular formula is C13H18N2O. The quantitative estimate of drug-likeness (QED) is 0.768. The summed E-state index contributed by atoms with van der Waals surface area (Å²) in [7, 11) is 0. The lowest BCUT2D eigenvalue weighted by Crippen LogP contribution is -2.25. The lowest BCUT2D eigenvalue weighted by molar-refractivity contribution is 0.199. The molecule has 0 spiro atoms. The van der Waals surface area contributed by atoms with Gasteiger partial charge in [-0.1, -0.05) is 18.9 Å². The van der Waals surface area contributed by atoms with Crippen LogP contribution < -0.4 is 4.90 Å². The first kappa shape index (κ1) is 12.5. The topological polar surface area (TPSA) is 36.4 Å². The SMILES string of the molecule is C#CCN(CCC)c1ccc(C(C)O)cn1. The number of aliphatic hydroxyl groups excluding tert-OH is 1. The second kappa shape index (κ2) is 6.14. The van der Waals surface area contributed by atoms with Gasteiger partial charge in [-0.25, -0.2) is 4.98 Å². The van der Waals surface area contributed by atoms with Gasteiger partial charge in [-0.2, -0.15) is 0 Å². The molecule has 0 aromatic carbocycles. The number of pyridine rings is 1. The van der Waals surface area contributed by atoms with Gasteiger partial charge in [-0.3, -0.25) is 0 Å². The second-order valence-electron chi connectivity index (χ2n) is 3.75. The van der Waals surface area contributed by atoms with Crippen LogP contribution in [0.1, 0.15) is 31.9 Å². The van der Waals surface area contributed by atoms with Gasteiger partial charge >= 0.3 is 0 Å². The highest BCUT2D eigenvalue weighted by atomic mass is 16.3. The Balaban J connectivity index is 2.81. The van der Waals surface area contributed by atoms with Crippen molar-refractivity contribution in [2.75, 3.05) is 18.0 Å². The van der Waals surface area contributed by atoms with Crippen molar-refractivity contribution in [2.45, 2.75) is 26.4 Å². The molecule has 0 saturated carbocycles. The van der Waals surface area contributed by atoms with E-state index in [2.05, 4.69) is 17.8 Å². The summed E-state index contributed by atoms with van der Waals surface area (Å²) < 4.78 is 0. The highest BCUT2D eigenvalue weighted by Gasteiger charge is 2.06. The maximum absolute atomic E-state index is 9.37. The minimum atomic E-state index is -0.478. The third-order valence-corrected chi connectivity index (χ3v) is 2.35. The average Bonchev–Trinajstić information content (AvgIpc) is 2.29. The molecule has 0 radical (unpaired) electrons. The fraction of sp³-hybridized carbons (Fsp3) is 0.462. The number of hydrogen-bond acceptors (Lipinski definition) is 3. The van der Waals surface area contributed by atoms with E-state index in [0.717, 1.165) is 24.3 Å². The van der Waals surface area contributed by atoms with Crippen LogP contribution in [0.25, 0.3) is 0 Å². The van der Waals surface area contributed by atoms with Gasteiger partial charge < -0.3 is 10.0 Å². The summed E-state index contributed by atoms with van der Waals surface area (Å²) in [5, 5.41) is 9.37. The molecule has 3 nitrogen and oxygen atoms in total. The molecule has 0 bridgehead atoms. The number of nitrogens with zero attached hydrogens (tertiary/aromatic N) is 2. The van der Waals surface area contributed by atoms with Crippen LogP contribution in [0.5, 0.6) is 0 Å². The molecule has 1 N–H and O–H groups in total. The summed E-state index contributed by atoms with van der Waals surface area (Å²) in [4.78, 5) is 6.36. The third kappa shape index (κ3) is 3.25. The monoisotopic (exact) mass is 218 g/mol. The van der Waals surface area contributed by atoms with E-state index in [-0.39, 0.29) is 0 Å². The minimum absolute atomic E-state index is 0.478. The van der Waals surface area contributed by atoms with Gasteiger partial charge in [0.05, 0.1) is 12.6 Å². The molecule has 1 unspecified atom stereocenters.